The number of carboxylic acids is 1. The molecule has 1 amide bonds. The average Bonchev–Trinajstić information content (AvgIpc) is 2.20. The number of terminal acetylenes is 1. The van der Waals surface area contributed by atoms with Crippen LogP contribution in [-0.4, -0.2) is 17.0 Å². The molecule has 1 rings (SSSR count). The van der Waals surface area contributed by atoms with Crippen molar-refractivity contribution in [1.82, 2.24) is 0 Å². The van der Waals surface area contributed by atoms with E-state index < -0.39 is 11.9 Å². The Morgan fingerprint density at radius 1 is 1.47 bits per heavy atom. The predicted octanol–water partition coefficient (Wildman–Crippen LogP) is 1.26. The van der Waals surface area contributed by atoms with Gasteiger partial charge in [-0.3, -0.25) is 4.79 Å². The monoisotopic (exact) mass is 203 g/mol. The van der Waals surface area contributed by atoms with E-state index in [1.807, 2.05) is 5.92 Å². The van der Waals surface area contributed by atoms with Crippen LogP contribution in [0.3, 0.4) is 0 Å². The summed E-state index contributed by atoms with van der Waals surface area (Å²) >= 11 is 0. The number of anilines is 1. The van der Waals surface area contributed by atoms with Crippen LogP contribution >= 0.6 is 0 Å². The fourth-order valence-corrected chi connectivity index (χ4v) is 1.10. The largest absolute Gasteiger partial charge is 0.478 e. The number of carbonyl (C=O) groups excluding carboxylic acids is 1. The summed E-state index contributed by atoms with van der Waals surface area (Å²) in [6.45, 7) is 1.76. The van der Waals surface area contributed by atoms with E-state index in [9.17, 15) is 9.59 Å². The van der Waals surface area contributed by atoms with Gasteiger partial charge in [-0.15, -0.1) is 6.42 Å². The maximum atomic E-state index is 10.9. The molecule has 0 aliphatic carbocycles. The van der Waals surface area contributed by atoms with Crippen molar-refractivity contribution in [3.05, 3.63) is 29.3 Å². The highest BCUT2D eigenvalue weighted by molar-refractivity contribution is 6.07. The zero-order chi connectivity index (χ0) is 11.4. The third-order valence-electron chi connectivity index (χ3n) is 1.78. The highest BCUT2D eigenvalue weighted by Crippen LogP contribution is 2.17. The fourth-order valence-electron chi connectivity index (χ4n) is 1.10. The van der Waals surface area contributed by atoms with Crippen LogP contribution in [0.1, 0.15) is 15.9 Å². The molecule has 0 aromatic heterocycles. The van der Waals surface area contributed by atoms with Gasteiger partial charge in [-0.1, -0.05) is 11.6 Å². The lowest BCUT2D eigenvalue weighted by Gasteiger charge is -2.06. The zero-order valence-electron chi connectivity index (χ0n) is 8.07. The van der Waals surface area contributed by atoms with E-state index in [2.05, 4.69) is 5.32 Å². The molecule has 0 aliphatic rings. The topological polar surface area (TPSA) is 66.4 Å². The SMILES string of the molecule is C#CC(=O)Nc1ccc(C)cc1C(=O)O. The molecule has 0 aliphatic heterocycles. The lowest BCUT2D eigenvalue weighted by molar-refractivity contribution is -0.111. The number of hydrogen-bond donors (Lipinski definition) is 2. The summed E-state index contributed by atoms with van der Waals surface area (Å²) in [4.78, 5) is 21.7. The van der Waals surface area contributed by atoms with E-state index in [-0.39, 0.29) is 11.3 Å². The van der Waals surface area contributed by atoms with Gasteiger partial charge in [0.1, 0.15) is 0 Å². The third-order valence-corrected chi connectivity index (χ3v) is 1.78. The number of carboxylic acid groups (broad SMARTS) is 1. The van der Waals surface area contributed by atoms with Gasteiger partial charge in [0.25, 0.3) is 5.91 Å². The van der Waals surface area contributed by atoms with Gasteiger partial charge in [-0.2, -0.15) is 0 Å². The lowest BCUT2D eigenvalue weighted by Crippen LogP contribution is -2.12. The van der Waals surface area contributed by atoms with Crippen molar-refractivity contribution in [1.29, 1.82) is 0 Å². The Labute approximate surface area is 86.9 Å². The van der Waals surface area contributed by atoms with Crippen LogP contribution in [0.2, 0.25) is 0 Å². The van der Waals surface area contributed by atoms with Gasteiger partial charge in [0.2, 0.25) is 0 Å². The molecule has 0 heterocycles. The van der Waals surface area contributed by atoms with E-state index in [1.165, 1.54) is 12.1 Å². The zero-order valence-corrected chi connectivity index (χ0v) is 8.07. The highest BCUT2D eigenvalue weighted by atomic mass is 16.4. The first-order valence-electron chi connectivity index (χ1n) is 4.16. The molecule has 1 aromatic carbocycles. The maximum Gasteiger partial charge on any atom is 0.337 e. The summed E-state index contributed by atoms with van der Waals surface area (Å²) in [5.74, 6) is 0.0803. The van der Waals surface area contributed by atoms with Crippen molar-refractivity contribution in [2.75, 3.05) is 5.32 Å². The first-order chi connectivity index (χ1) is 7.04. The average molecular weight is 203 g/mol. The van der Waals surface area contributed by atoms with E-state index in [0.717, 1.165) is 5.56 Å². The highest BCUT2D eigenvalue weighted by Gasteiger charge is 2.11. The van der Waals surface area contributed by atoms with Gasteiger partial charge in [-0.05, 0) is 25.0 Å². The van der Waals surface area contributed by atoms with E-state index in [4.69, 9.17) is 11.5 Å². The van der Waals surface area contributed by atoms with Crippen LogP contribution in [0.4, 0.5) is 5.69 Å². The van der Waals surface area contributed by atoms with E-state index in [1.54, 1.807) is 13.0 Å². The van der Waals surface area contributed by atoms with Crippen LogP contribution in [0.25, 0.3) is 0 Å². The van der Waals surface area contributed by atoms with Crippen LogP contribution in [0.5, 0.6) is 0 Å². The number of carbonyl (C=O) groups is 2. The molecule has 76 valence electrons. The minimum Gasteiger partial charge on any atom is -0.478 e. The third kappa shape index (κ3) is 2.58. The Kier molecular flexibility index (Phi) is 3.09. The Morgan fingerprint density at radius 2 is 2.13 bits per heavy atom. The van der Waals surface area contributed by atoms with Gasteiger partial charge in [-0.25, -0.2) is 4.79 Å². The molecule has 0 radical (unpaired) electrons. The molecule has 2 N–H and O–H groups in total. The summed E-state index contributed by atoms with van der Waals surface area (Å²) in [5, 5.41) is 11.2. The Balaban J connectivity index is 3.13. The van der Waals surface area contributed by atoms with Gasteiger partial charge in [0, 0.05) is 0 Å². The van der Waals surface area contributed by atoms with Crippen LogP contribution in [-0.2, 0) is 4.79 Å². The normalized spacial score (nSPS) is 9.07. The van der Waals surface area contributed by atoms with Crippen LogP contribution in [0.15, 0.2) is 18.2 Å². The predicted molar refractivity (Wildman–Crippen MR) is 55.6 cm³/mol. The van der Waals surface area contributed by atoms with Gasteiger partial charge in [0.05, 0.1) is 11.3 Å². The number of aromatic carboxylic acids is 1. The Morgan fingerprint density at radius 3 is 2.67 bits per heavy atom. The number of hydrogen-bond acceptors (Lipinski definition) is 2. The number of aryl methyl sites for hydroxylation is 1. The Hall–Kier alpha value is -2.28. The van der Waals surface area contributed by atoms with Crippen molar-refractivity contribution in [2.24, 2.45) is 0 Å². The smallest absolute Gasteiger partial charge is 0.337 e. The quantitative estimate of drug-likeness (QED) is 0.711. The van der Waals surface area contributed by atoms with Gasteiger partial charge < -0.3 is 10.4 Å². The summed E-state index contributed by atoms with van der Waals surface area (Å²) in [6.07, 6.45) is 4.87. The molecule has 0 saturated carbocycles. The van der Waals surface area contributed by atoms with Crippen molar-refractivity contribution in [2.45, 2.75) is 6.92 Å². The number of rotatable bonds is 2. The molecule has 0 atom stereocenters. The van der Waals surface area contributed by atoms with Crippen molar-refractivity contribution < 1.29 is 14.7 Å². The molecule has 0 bridgehead atoms. The number of nitrogens with one attached hydrogen (secondary N) is 1. The molecular formula is C11H9NO3. The second-order valence-corrected chi connectivity index (χ2v) is 2.95. The molecule has 1 aromatic rings. The molecule has 0 spiro atoms. The number of amides is 1. The molecule has 0 fully saturated rings. The second kappa shape index (κ2) is 4.29. The second-order valence-electron chi connectivity index (χ2n) is 2.95. The molecule has 4 heteroatoms. The van der Waals surface area contributed by atoms with Crippen molar-refractivity contribution in [3.63, 3.8) is 0 Å². The van der Waals surface area contributed by atoms with Crippen LogP contribution < -0.4 is 5.32 Å². The van der Waals surface area contributed by atoms with Gasteiger partial charge >= 0.3 is 5.97 Å². The minimum atomic E-state index is -1.11. The molecular weight excluding hydrogens is 194 g/mol. The Bertz CT molecular complexity index is 457. The van der Waals surface area contributed by atoms with E-state index in [0.29, 0.717) is 0 Å². The summed E-state index contributed by atoms with van der Waals surface area (Å²) in [7, 11) is 0. The lowest BCUT2D eigenvalue weighted by atomic mass is 10.1. The first-order valence-corrected chi connectivity index (χ1v) is 4.16. The summed E-state index contributed by atoms with van der Waals surface area (Å²) < 4.78 is 0. The van der Waals surface area contributed by atoms with Crippen molar-refractivity contribution >= 4 is 17.6 Å². The summed E-state index contributed by atoms with van der Waals surface area (Å²) in [6, 6.07) is 4.67. The maximum absolute atomic E-state index is 10.9. The van der Waals surface area contributed by atoms with Gasteiger partial charge in [0.15, 0.2) is 0 Å². The van der Waals surface area contributed by atoms with E-state index >= 15 is 0 Å². The number of benzene rings is 1. The standard InChI is InChI=1S/C11H9NO3/c1-3-10(13)12-9-5-4-7(2)6-8(9)11(14)15/h1,4-6H,2H3,(H,12,13)(H,14,15). The fraction of sp³-hybridized carbons (Fsp3) is 0.0909. The van der Waals surface area contributed by atoms with Crippen molar-refractivity contribution in [3.8, 4) is 12.3 Å². The molecule has 0 unspecified atom stereocenters. The van der Waals surface area contributed by atoms with Crippen LogP contribution in [0, 0.1) is 19.3 Å². The first kappa shape index (κ1) is 10.8. The summed E-state index contributed by atoms with van der Waals surface area (Å²) in [5.41, 5.74) is 1.03. The molecule has 0 saturated heterocycles. The molecule has 15 heavy (non-hydrogen) atoms. The minimum absolute atomic E-state index is 0.0265. The molecule has 4 nitrogen and oxygen atoms in total.